The van der Waals surface area contributed by atoms with E-state index in [-0.39, 0.29) is 4.90 Å². The first-order valence-electron chi connectivity index (χ1n) is 7.86. The van der Waals surface area contributed by atoms with Gasteiger partial charge in [-0.2, -0.15) is 0 Å². The van der Waals surface area contributed by atoms with Crippen molar-refractivity contribution in [1.29, 1.82) is 0 Å². The van der Waals surface area contributed by atoms with Crippen LogP contribution in [0.2, 0.25) is 5.02 Å². The van der Waals surface area contributed by atoms with E-state index in [9.17, 15) is 12.8 Å². The lowest BCUT2D eigenvalue weighted by atomic mass is 10.2. The van der Waals surface area contributed by atoms with Crippen LogP contribution in [-0.2, 0) is 10.0 Å². The third-order valence-corrected chi connectivity index (χ3v) is 5.49. The molecule has 4 aromatic rings. The first kappa shape index (κ1) is 17.5. The minimum absolute atomic E-state index is 0.0243. The van der Waals surface area contributed by atoms with Crippen LogP contribution in [-0.4, -0.2) is 13.4 Å². The van der Waals surface area contributed by atoms with E-state index in [1.165, 1.54) is 12.1 Å². The summed E-state index contributed by atoms with van der Waals surface area (Å²) in [5, 5.41) is 0.552. The summed E-state index contributed by atoms with van der Waals surface area (Å²) in [4.78, 5) is 4.36. The van der Waals surface area contributed by atoms with Gasteiger partial charge in [0, 0.05) is 22.3 Å². The third-order valence-electron chi connectivity index (χ3n) is 3.86. The van der Waals surface area contributed by atoms with Gasteiger partial charge in [-0.1, -0.05) is 11.6 Å². The smallest absolute Gasteiger partial charge is 0.261 e. The third kappa shape index (κ3) is 3.65. The first-order valence-corrected chi connectivity index (χ1v) is 9.72. The molecule has 4 rings (SSSR count). The molecular formula is C19H12ClFN2O3S. The van der Waals surface area contributed by atoms with Gasteiger partial charge >= 0.3 is 0 Å². The Kier molecular flexibility index (Phi) is 4.33. The molecule has 0 saturated heterocycles. The number of sulfonamides is 1. The maximum atomic E-state index is 13.0. The molecule has 0 spiro atoms. The number of rotatable bonds is 4. The minimum Gasteiger partial charge on any atom is -0.436 e. The van der Waals surface area contributed by atoms with Crippen LogP contribution in [0.3, 0.4) is 0 Å². The maximum Gasteiger partial charge on any atom is 0.261 e. The molecule has 0 radical (unpaired) electrons. The summed E-state index contributed by atoms with van der Waals surface area (Å²) in [7, 11) is -3.80. The second-order valence-electron chi connectivity index (χ2n) is 5.77. The Morgan fingerprint density at radius 3 is 2.37 bits per heavy atom. The summed E-state index contributed by atoms with van der Waals surface area (Å²) < 4.78 is 45.8. The lowest BCUT2D eigenvalue weighted by Gasteiger charge is -2.08. The molecule has 5 nitrogen and oxygen atoms in total. The summed E-state index contributed by atoms with van der Waals surface area (Å²) in [5.74, 6) is -0.0990. The van der Waals surface area contributed by atoms with Gasteiger partial charge in [-0.25, -0.2) is 17.8 Å². The zero-order valence-electron chi connectivity index (χ0n) is 13.7. The van der Waals surface area contributed by atoms with Crippen molar-refractivity contribution in [2.75, 3.05) is 4.72 Å². The Morgan fingerprint density at radius 1 is 0.963 bits per heavy atom. The van der Waals surface area contributed by atoms with Crippen molar-refractivity contribution >= 4 is 38.4 Å². The van der Waals surface area contributed by atoms with Gasteiger partial charge in [-0.05, 0) is 60.7 Å². The number of nitrogens with one attached hydrogen (secondary N) is 1. The van der Waals surface area contributed by atoms with Gasteiger partial charge in [0.05, 0.1) is 4.90 Å². The number of halogens is 2. The number of anilines is 1. The van der Waals surface area contributed by atoms with Crippen molar-refractivity contribution < 1.29 is 17.2 Å². The fourth-order valence-corrected chi connectivity index (χ4v) is 3.75. The second kappa shape index (κ2) is 6.68. The van der Waals surface area contributed by atoms with Crippen LogP contribution in [0, 0.1) is 5.82 Å². The van der Waals surface area contributed by atoms with Gasteiger partial charge in [0.15, 0.2) is 5.58 Å². The molecule has 27 heavy (non-hydrogen) atoms. The van der Waals surface area contributed by atoms with Crippen LogP contribution >= 0.6 is 11.6 Å². The van der Waals surface area contributed by atoms with E-state index in [1.807, 2.05) is 0 Å². The van der Waals surface area contributed by atoms with Crippen molar-refractivity contribution in [3.8, 4) is 11.5 Å². The zero-order valence-corrected chi connectivity index (χ0v) is 15.3. The van der Waals surface area contributed by atoms with Gasteiger partial charge in [0.1, 0.15) is 11.3 Å². The SMILES string of the molecule is O=S(=O)(Nc1ccc(-c2nc3ccc(Cl)cc3o2)cc1)c1ccc(F)cc1. The Labute approximate surface area is 159 Å². The van der Waals surface area contributed by atoms with Crippen molar-refractivity contribution in [3.63, 3.8) is 0 Å². The van der Waals surface area contributed by atoms with Crippen molar-refractivity contribution in [2.45, 2.75) is 4.90 Å². The van der Waals surface area contributed by atoms with Crippen molar-refractivity contribution in [1.82, 2.24) is 4.98 Å². The fourth-order valence-electron chi connectivity index (χ4n) is 2.53. The largest absolute Gasteiger partial charge is 0.436 e. The molecule has 0 aliphatic carbocycles. The molecule has 136 valence electrons. The Morgan fingerprint density at radius 2 is 1.67 bits per heavy atom. The predicted molar refractivity (Wildman–Crippen MR) is 102 cm³/mol. The average Bonchev–Trinajstić information content (AvgIpc) is 3.05. The highest BCUT2D eigenvalue weighted by Gasteiger charge is 2.15. The standard InChI is InChI=1S/C19H12ClFN2O3S/c20-13-3-10-17-18(11-13)26-19(22-17)12-1-6-15(7-2-12)23-27(24,25)16-8-4-14(21)5-9-16/h1-11,23H. The highest BCUT2D eigenvalue weighted by Crippen LogP contribution is 2.27. The maximum absolute atomic E-state index is 13.0. The van der Waals surface area contributed by atoms with E-state index in [0.717, 1.165) is 12.1 Å². The first-order chi connectivity index (χ1) is 12.9. The lowest BCUT2D eigenvalue weighted by molar-refractivity contribution is 0.599. The van der Waals surface area contributed by atoms with E-state index >= 15 is 0 Å². The molecule has 3 aromatic carbocycles. The Hall–Kier alpha value is -2.90. The highest BCUT2D eigenvalue weighted by molar-refractivity contribution is 7.92. The topological polar surface area (TPSA) is 72.2 Å². The average molecular weight is 403 g/mol. The lowest BCUT2D eigenvalue weighted by Crippen LogP contribution is -2.12. The van der Waals surface area contributed by atoms with Crippen LogP contribution in [0.4, 0.5) is 10.1 Å². The number of nitrogens with zero attached hydrogens (tertiary/aromatic N) is 1. The number of hydrogen-bond donors (Lipinski definition) is 1. The number of hydrogen-bond acceptors (Lipinski definition) is 4. The molecular weight excluding hydrogens is 391 g/mol. The van der Waals surface area contributed by atoms with E-state index in [2.05, 4.69) is 9.71 Å². The molecule has 1 heterocycles. The highest BCUT2D eigenvalue weighted by atomic mass is 35.5. The summed E-state index contributed by atoms with van der Waals surface area (Å²) in [6.45, 7) is 0. The van der Waals surface area contributed by atoms with Crippen molar-refractivity contribution in [3.05, 3.63) is 77.6 Å². The predicted octanol–water partition coefficient (Wildman–Crippen LogP) is 5.09. The molecule has 0 fully saturated rings. The van der Waals surface area contributed by atoms with Gasteiger partial charge in [-0.3, -0.25) is 4.72 Å². The Balaban J connectivity index is 1.58. The van der Waals surface area contributed by atoms with E-state index in [0.29, 0.717) is 33.3 Å². The molecule has 0 atom stereocenters. The summed E-state index contributed by atoms with van der Waals surface area (Å²) >= 11 is 5.94. The van der Waals surface area contributed by atoms with Gasteiger partial charge in [-0.15, -0.1) is 0 Å². The van der Waals surface area contributed by atoms with Gasteiger partial charge in [0.2, 0.25) is 5.89 Å². The van der Waals surface area contributed by atoms with Gasteiger partial charge < -0.3 is 4.42 Å². The van der Waals surface area contributed by atoms with Crippen LogP contribution in [0.25, 0.3) is 22.6 Å². The number of fused-ring (bicyclic) bond motifs is 1. The summed E-state index contributed by atoms with van der Waals surface area (Å²) in [6, 6.07) is 16.3. The fraction of sp³-hybridized carbons (Fsp3) is 0. The molecule has 8 heteroatoms. The van der Waals surface area contributed by atoms with E-state index < -0.39 is 15.8 Å². The number of aromatic nitrogens is 1. The molecule has 0 aliphatic heterocycles. The minimum atomic E-state index is -3.80. The summed E-state index contributed by atoms with van der Waals surface area (Å²) in [5.41, 5.74) is 2.29. The number of benzene rings is 3. The van der Waals surface area contributed by atoms with Crippen LogP contribution in [0.15, 0.2) is 76.0 Å². The molecule has 1 aromatic heterocycles. The normalized spacial score (nSPS) is 11.6. The van der Waals surface area contributed by atoms with Crippen LogP contribution < -0.4 is 4.72 Å². The van der Waals surface area contributed by atoms with Crippen LogP contribution in [0.5, 0.6) is 0 Å². The number of oxazole rings is 1. The Bertz CT molecular complexity index is 1220. The molecule has 0 bridgehead atoms. The molecule has 0 saturated carbocycles. The van der Waals surface area contributed by atoms with E-state index in [4.69, 9.17) is 16.0 Å². The second-order valence-corrected chi connectivity index (χ2v) is 7.89. The molecule has 1 N–H and O–H groups in total. The molecule has 0 aliphatic rings. The zero-order chi connectivity index (χ0) is 19.0. The molecule has 0 amide bonds. The van der Waals surface area contributed by atoms with E-state index in [1.54, 1.807) is 42.5 Å². The summed E-state index contributed by atoms with van der Waals surface area (Å²) in [6.07, 6.45) is 0. The van der Waals surface area contributed by atoms with Crippen molar-refractivity contribution in [2.24, 2.45) is 0 Å². The van der Waals surface area contributed by atoms with Crippen LogP contribution in [0.1, 0.15) is 0 Å². The molecule has 0 unspecified atom stereocenters. The quantitative estimate of drug-likeness (QED) is 0.516. The monoisotopic (exact) mass is 402 g/mol. The van der Waals surface area contributed by atoms with Gasteiger partial charge in [0.25, 0.3) is 10.0 Å².